The first kappa shape index (κ1) is 13.4. The Kier molecular flexibility index (Phi) is 5.35. The summed E-state index contributed by atoms with van der Waals surface area (Å²) in [5.74, 6) is -1.14. The van der Waals surface area contributed by atoms with E-state index < -0.39 is 5.97 Å². The standard InChI is InChI=1S/C11H16N2O4/c14-8-4-2-1-3-7-13-10(15)6-5-9(12-13)11(16)17/h5-6,14H,1-4,7-8H2,(H,16,17). The fourth-order valence-electron chi connectivity index (χ4n) is 1.45. The maximum atomic E-state index is 11.4. The number of aliphatic hydroxyl groups is 1. The molecule has 0 saturated carbocycles. The van der Waals surface area contributed by atoms with Crippen molar-refractivity contribution in [2.75, 3.05) is 6.61 Å². The van der Waals surface area contributed by atoms with Crippen molar-refractivity contribution in [2.45, 2.75) is 32.2 Å². The van der Waals surface area contributed by atoms with E-state index in [0.29, 0.717) is 6.54 Å². The van der Waals surface area contributed by atoms with Crippen LogP contribution in [0.4, 0.5) is 0 Å². The molecule has 0 fully saturated rings. The Morgan fingerprint density at radius 1 is 1.24 bits per heavy atom. The maximum absolute atomic E-state index is 11.4. The van der Waals surface area contributed by atoms with Gasteiger partial charge in [-0.3, -0.25) is 4.79 Å². The van der Waals surface area contributed by atoms with E-state index in [4.69, 9.17) is 10.2 Å². The van der Waals surface area contributed by atoms with E-state index in [1.165, 1.54) is 16.8 Å². The van der Waals surface area contributed by atoms with Gasteiger partial charge < -0.3 is 10.2 Å². The highest BCUT2D eigenvalue weighted by Crippen LogP contribution is 2.00. The molecule has 1 heterocycles. The average Bonchev–Trinajstić information content (AvgIpc) is 2.30. The van der Waals surface area contributed by atoms with Gasteiger partial charge in [0, 0.05) is 19.2 Å². The van der Waals surface area contributed by atoms with Gasteiger partial charge in [0.05, 0.1) is 0 Å². The van der Waals surface area contributed by atoms with Crippen molar-refractivity contribution in [2.24, 2.45) is 0 Å². The third-order valence-corrected chi connectivity index (χ3v) is 2.36. The van der Waals surface area contributed by atoms with Crippen LogP contribution in [-0.4, -0.2) is 32.6 Å². The lowest BCUT2D eigenvalue weighted by Crippen LogP contribution is -2.24. The number of aromatic carboxylic acids is 1. The maximum Gasteiger partial charge on any atom is 0.356 e. The molecule has 0 atom stereocenters. The van der Waals surface area contributed by atoms with Gasteiger partial charge in [-0.25, -0.2) is 9.48 Å². The molecule has 0 unspecified atom stereocenters. The second kappa shape index (κ2) is 6.80. The first-order valence-electron chi connectivity index (χ1n) is 5.57. The highest BCUT2D eigenvalue weighted by atomic mass is 16.4. The van der Waals surface area contributed by atoms with Gasteiger partial charge in [0.1, 0.15) is 0 Å². The smallest absolute Gasteiger partial charge is 0.356 e. The predicted octanol–water partition coefficient (Wildman–Crippen LogP) is 0.494. The van der Waals surface area contributed by atoms with Gasteiger partial charge >= 0.3 is 5.97 Å². The summed E-state index contributed by atoms with van der Waals surface area (Å²) < 4.78 is 1.17. The summed E-state index contributed by atoms with van der Waals surface area (Å²) in [6.45, 7) is 0.581. The lowest BCUT2D eigenvalue weighted by molar-refractivity contribution is 0.0687. The molecule has 17 heavy (non-hydrogen) atoms. The predicted molar refractivity (Wildman–Crippen MR) is 61.0 cm³/mol. The molecule has 0 aliphatic rings. The van der Waals surface area contributed by atoms with Crippen molar-refractivity contribution in [1.29, 1.82) is 0 Å². The molecule has 0 bridgehead atoms. The highest BCUT2D eigenvalue weighted by molar-refractivity contribution is 5.84. The summed E-state index contributed by atoms with van der Waals surface area (Å²) in [5, 5.41) is 21.1. The topological polar surface area (TPSA) is 92.4 Å². The second-order valence-corrected chi connectivity index (χ2v) is 3.72. The van der Waals surface area contributed by atoms with Crippen LogP contribution in [0.5, 0.6) is 0 Å². The minimum atomic E-state index is -1.14. The SMILES string of the molecule is O=C(O)c1ccc(=O)n(CCCCCCO)n1. The molecule has 1 aromatic rings. The number of nitrogens with zero attached hydrogens (tertiary/aromatic N) is 2. The van der Waals surface area contributed by atoms with Gasteiger partial charge in [-0.15, -0.1) is 0 Å². The molecule has 0 aliphatic heterocycles. The van der Waals surface area contributed by atoms with Crippen LogP contribution in [0.3, 0.4) is 0 Å². The van der Waals surface area contributed by atoms with Crippen molar-refractivity contribution in [3.8, 4) is 0 Å². The molecule has 6 nitrogen and oxygen atoms in total. The lowest BCUT2D eigenvalue weighted by Gasteiger charge is -2.04. The molecule has 1 rings (SSSR count). The van der Waals surface area contributed by atoms with Gasteiger partial charge in [-0.2, -0.15) is 5.10 Å². The van der Waals surface area contributed by atoms with Crippen molar-refractivity contribution >= 4 is 5.97 Å². The molecule has 0 spiro atoms. The molecule has 0 radical (unpaired) electrons. The van der Waals surface area contributed by atoms with Gasteiger partial charge in [0.15, 0.2) is 5.69 Å². The number of carboxylic acid groups (broad SMARTS) is 1. The number of carboxylic acids is 1. The zero-order chi connectivity index (χ0) is 12.7. The van der Waals surface area contributed by atoms with Crippen LogP contribution in [0, 0.1) is 0 Å². The Labute approximate surface area is 98.5 Å². The molecular weight excluding hydrogens is 224 g/mol. The van der Waals surface area contributed by atoms with Crippen LogP contribution in [0.15, 0.2) is 16.9 Å². The molecular formula is C11H16N2O4. The molecule has 1 aromatic heterocycles. The Balaban J connectivity index is 2.55. The zero-order valence-corrected chi connectivity index (χ0v) is 9.50. The van der Waals surface area contributed by atoms with Crippen LogP contribution in [0.25, 0.3) is 0 Å². The monoisotopic (exact) mass is 240 g/mol. The molecule has 2 N–H and O–H groups in total. The van der Waals surface area contributed by atoms with E-state index in [-0.39, 0.29) is 17.9 Å². The zero-order valence-electron chi connectivity index (χ0n) is 9.50. The van der Waals surface area contributed by atoms with Crippen molar-refractivity contribution < 1.29 is 15.0 Å². The summed E-state index contributed by atoms with van der Waals surface area (Å²) in [7, 11) is 0. The van der Waals surface area contributed by atoms with E-state index in [2.05, 4.69) is 5.10 Å². The van der Waals surface area contributed by atoms with Crippen molar-refractivity contribution in [3.05, 3.63) is 28.2 Å². The first-order chi connectivity index (χ1) is 8.15. The summed E-state index contributed by atoms with van der Waals surface area (Å²) >= 11 is 0. The highest BCUT2D eigenvalue weighted by Gasteiger charge is 2.06. The van der Waals surface area contributed by atoms with Crippen LogP contribution in [0.2, 0.25) is 0 Å². The molecule has 0 saturated heterocycles. The molecule has 0 aromatic carbocycles. The Morgan fingerprint density at radius 2 is 1.94 bits per heavy atom. The summed E-state index contributed by atoms with van der Waals surface area (Å²) in [6, 6.07) is 2.41. The number of aryl methyl sites for hydroxylation is 1. The van der Waals surface area contributed by atoms with Gasteiger partial charge in [0.25, 0.3) is 5.56 Å². The van der Waals surface area contributed by atoms with Gasteiger partial charge in [0.2, 0.25) is 0 Å². The number of carbonyl (C=O) groups is 1. The van der Waals surface area contributed by atoms with Crippen LogP contribution >= 0.6 is 0 Å². The largest absolute Gasteiger partial charge is 0.476 e. The van der Waals surface area contributed by atoms with E-state index in [9.17, 15) is 9.59 Å². The fraction of sp³-hybridized carbons (Fsp3) is 0.545. The Hall–Kier alpha value is -1.69. The average molecular weight is 240 g/mol. The van der Waals surface area contributed by atoms with Gasteiger partial charge in [-0.1, -0.05) is 12.8 Å². The fourth-order valence-corrected chi connectivity index (χ4v) is 1.45. The number of unbranched alkanes of at least 4 members (excludes halogenated alkanes) is 3. The number of hydrogen-bond donors (Lipinski definition) is 2. The summed E-state index contributed by atoms with van der Waals surface area (Å²) in [4.78, 5) is 22.1. The van der Waals surface area contributed by atoms with Crippen LogP contribution in [0.1, 0.15) is 36.2 Å². The summed E-state index contributed by atoms with van der Waals surface area (Å²) in [5.41, 5.74) is -0.419. The number of rotatable bonds is 7. The van der Waals surface area contributed by atoms with Crippen molar-refractivity contribution in [1.82, 2.24) is 9.78 Å². The molecule has 94 valence electrons. The third kappa shape index (κ3) is 4.36. The van der Waals surface area contributed by atoms with Crippen LogP contribution < -0.4 is 5.56 Å². The number of hydrogen-bond acceptors (Lipinski definition) is 4. The second-order valence-electron chi connectivity index (χ2n) is 3.72. The number of aromatic nitrogens is 2. The van der Waals surface area contributed by atoms with Crippen LogP contribution in [-0.2, 0) is 6.54 Å². The lowest BCUT2D eigenvalue weighted by atomic mass is 10.2. The first-order valence-corrected chi connectivity index (χ1v) is 5.57. The third-order valence-electron chi connectivity index (χ3n) is 2.36. The molecule has 6 heteroatoms. The van der Waals surface area contributed by atoms with Crippen molar-refractivity contribution in [3.63, 3.8) is 0 Å². The summed E-state index contributed by atoms with van der Waals surface area (Å²) in [6.07, 6.45) is 3.27. The molecule has 0 amide bonds. The minimum Gasteiger partial charge on any atom is -0.476 e. The van der Waals surface area contributed by atoms with E-state index in [0.717, 1.165) is 25.7 Å². The molecule has 0 aliphatic carbocycles. The number of aliphatic hydroxyl groups excluding tert-OH is 1. The van der Waals surface area contributed by atoms with E-state index in [1.807, 2.05) is 0 Å². The Bertz CT molecular complexity index is 428. The Morgan fingerprint density at radius 3 is 2.59 bits per heavy atom. The normalized spacial score (nSPS) is 10.4. The minimum absolute atomic E-state index is 0.125. The van der Waals surface area contributed by atoms with Gasteiger partial charge in [-0.05, 0) is 18.9 Å². The van der Waals surface area contributed by atoms with E-state index >= 15 is 0 Å². The quantitative estimate of drug-likeness (QED) is 0.677. The van der Waals surface area contributed by atoms with E-state index in [1.54, 1.807) is 0 Å².